The van der Waals surface area contributed by atoms with Gasteiger partial charge in [0.25, 0.3) is 5.69 Å². The fourth-order valence-corrected chi connectivity index (χ4v) is 1.90. The van der Waals surface area contributed by atoms with Crippen LogP contribution in [0, 0.1) is 10.1 Å². The minimum Gasteiger partial charge on any atom is -0.381 e. The minimum absolute atomic E-state index is 0.111. The average molecular weight is 259 g/mol. The van der Waals surface area contributed by atoms with Gasteiger partial charge in [0.05, 0.1) is 4.92 Å². The Bertz CT molecular complexity index is 546. The topological polar surface area (TPSA) is 60.1 Å². The van der Waals surface area contributed by atoms with Gasteiger partial charge in [-0.25, -0.2) is 0 Å². The molecule has 100 valence electrons. The molecule has 0 unspecified atom stereocenters. The second-order valence-electron chi connectivity index (χ2n) is 4.42. The highest BCUT2D eigenvalue weighted by Gasteiger charge is 2.03. The van der Waals surface area contributed by atoms with Crippen molar-refractivity contribution in [1.29, 1.82) is 0 Å². The van der Waals surface area contributed by atoms with Crippen LogP contribution in [0.5, 0.6) is 0 Å². The number of aryl methyl sites for hydroxylation is 1. The summed E-state index contributed by atoms with van der Waals surface area (Å²) in [6.45, 7) is 3.89. The first-order valence-corrected chi connectivity index (χ1v) is 6.32. The second-order valence-corrected chi connectivity index (χ2v) is 4.42. The summed E-state index contributed by atoms with van der Waals surface area (Å²) in [5, 5.41) is 13.8. The molecule has 2 rings (SSSR count). The van der Waals surface area contributed by atoms with E-state index in [1.165, 1.54) is 17.7 Å². The van der Waals surface area contributed by atoms with Crippen molar-refractivity contribution in [3.63, 3.8) is 0 Å². The molecule has 0 aliphatic heterocycles. The lowest BCUT2D eigenvalue weighted by atomic mass is 10.2. The molecule has 2 aromatic rings. The number of non-ortho nitro benzene ring substituents is 1. The van der Waals surface area contributed by atoms with Crippen LogP contribution in [0.15, 0.2) is 42.7 Å². The third kappa shape index (κ3) is 3.58. The van der Waals surface area contributed by atoms with Crippen LogP contribution < -0.4 is 5.32 Å². The summed E-state index contributed by atoms with van der Waals surface area (Å²) in [7, 11) is 0. The molecule has 0 saturated carbocycles. The molecule has 0 saturated heterocycles. The zero-order valence-electron chi connectivity index (χ0n) is 10.9. The highest BCUT2D eigenvalue weighted by atomic mass is 16.6. The van der Waals surface area contributed by atoms with E-state index in [1.807, 2.05) is 0 Å². The summed E-state index contributed by atoms with van der Waals surface area (Å²) in [5.74, 6) is 0. The monoisotopic (exact) mass is 259 g/mol. The van der Waals surface area contributed by atoms with Gasteiger partial charge in [0.2, 0.25) is 0 Å². The van der Waals surface area contributed by atoms with E-state index in [0.717, 1.165) is 18.7 Å². The molecule has 0 fully saturated rings. The van der Waals surface area contributed by atoms with Crippen LogP contribution >= 0.6 is 0 Å². The van der Waals surface area contributed by atoms with E-state index >= 15 is 0 Å². The van der Waals surface area contributed by atoms with Crippen molar-refractivity contribution in [3.8, 4) is 0 Å². The molecule has 0 aliphatic rings. The van der Waals surface area contributed by atoms with Gasteiger partial charge in [0, 0.05) is 43.3 Å². The summed E-state index contributed by atoms with van der Waals surface area (Å²) >= 11 is 0. The summed E-state index contributed by atoms with van der Waals surface area (Å²) < 4.78 is 2.16. The summed E-state index contributed by atoms with van der Waals surface area (Å²) in [6.07, 6.45) is 5.29. The first-order valence-electron chi connectivity index (χ1n) is 6.32. The third-order valence-corrected chi connectivity index (χ3v) is 2.87. The number of hydrogen-bond acceptors (Lipinski definition) is 3. The normalized spacial score (nSPS) is 10.4. The maximum absolute atomic E-state index is 10.5. The maximum Gasteiger partial charge on any atom is 0.269 e. The van der Waals surface area contributed by atoms with E-state index in [-0.39, 0.29) is 5.69 Å². The van der Waals surface area contributed by atoms with Crippen molar-refractivity contribution >= 4 is 11.4 Å². The number of rotatable bonds is 6. The predicted octanol–water partition coefficient (Wildman–Crippen LogP) is 3.42. The largest absolute Gasteiger partial charge is 0.381 e. The first-order chi connectivity index (χ1) is 9.19. The van der Waals surface area contributed by atoms with Gasteiger partial charge in [0.1, 0.15) is 0 Å². The van der Waals surface area contributed by atoms with Gasteiger partial charge in [-0.1, -0.05) is 6.92 Å². The highest BCUT2D eigenvalue weighted by Crippen LogP contribution is 2.16. The minimum atomic E-state index is -0.394. The number of nitrogens with one attached hydrogen (secondary N) is 1. The Kier molecular flexibility index (Phi) is 4.18. The van der Waals surface area contributed by atoms with Gasteiger partial charge in [0.15, 0.2) is 0 Å². The van der Waals surface area contributed by atoms with Crippen LogP contribution in [0.4, 0.5) is 11.4 Å². The number of nitro benzene ring substituents is 1. The van der Waals surface area contributed by atoms with Gasteiger partial charge < -0.3 is 9.88 Å². The number of nitrogens with zero attached hydrogens (tertiary/aromatic N) is 2. The molecule has 0 radical (unpaired) electrons. The molecule has 0 amide bonds. The third-order valence-electron chi connectivity index (χ3n) is 2.87. The van der Waals surface area contributed by atoms with Crippen LogP contribution in [-0.4, -0.2) is 9.49 Å². The summed E-state index contributed by atoms with van der Waals surface area (Å²) in [5.41, 5.74) is 2.19. The zero-order chi connectivity index (χ0) is 13.7. The molecule has 1 aromatic heterocycles. The molecule has 0 spiro atoms. The Balaban J connectivity index is 1.92. The molecule has 0 bridgehead atoms. The molecular formula is C14H17N3O2. The molecule has 1 aromatic carbocycles. The molecule has 0 atom stereocenters. The van der Waals surface area contributed by atoms with Gasteiger partial charge in [-0.3, -0.25) is 10.1 Å². The highest BCUT2D eigenvalue weighted by molar-refractivity contribution is 5.48. The van der Waals surface area contributed by atoms with Crippen molar-refractivity contribution < 1.29 is 4.92 Å². The number of hydrogen-bond donors (Lipinski definition) is 1. The van der Waals surface area contributed by atoms with Crippen LogP contribution in [0.1, 0.15) is 18.9 Å². The Hall–Kier alpha value is -2.30. The quantitative estimate of drug-likeness (QED) is 0.638. The fraction of sp³-hybridized carbons (Fsp3) is 0.286. The van der Waals surface area contributed by atoms with E-state index in [1.54, 1.807) is 12.1 Å². The predicted molar refractivity (Wildman–Crippen MR) is 75.1 cm³/mol. The lowest BCUT2D eigenvalue weighted by Gasteiger charge is -2.04. The van der Waals surface area contributed by atoms with Crippen molar-refractivity contribution in [1.82, 2.24) is 4.57 Å². The molecular weight excluding hydrogens is 242 g/mol. The van der Waals surface area contributed by atoms with E-state index in [0.29, 0.717) is 6.54 Å². The van der Waals surface area contributed by atoms with Crippen LogP contribution in [0.2, 0.25) is 0 Å². The van der Waals surface area contributed by atoms with Crippen molar-refractivity contribution in [3.05, 3.63) is 58.4 Å². The number of aromatic nitrogens is 1. The van der Waals surface area contributed by atoms with Gasteiger partial charge in [-0.05, 0) is 30.2 Å². The van der Waals surface area contributed by atoms with Crippen LogP contribution in [0.3, 0.4) is 0 Å². The molecule has 0 aliphatic carbocycles. The lowest BCUT2D eigenvalue weighted by Crippen LogP contribution is -1.99. The fourth-order valence-electron chi connectivity index (χ4n) is 1.90. The van der Waals surface area contributed by atoms with Crippen molar-refractivity contribution in [2.45, 2.75) is 26.4 Å². The SMILES string of the molecule is CCCn1ccc(CNc2ccc([N+](=O)[O-])cc2)c1. The molecule has 19 heavy (non-hydrogen) atoms. The van der Waals surface area contributed by atoms with E-state index in [9.17, 15) is 10.1 Å². The number of anilines is 1. The van der Waals surface area contributed by atoms with E-state index in [4.69, 9.17) is 0 Å². The van der Waals surface area contributed by atoms with E-state index in [2.05, 4.69) is 35.3 Å². The number of nitro groups is 1. The maximum atomic E-state index is 10.5. The lowest BCUT2D eigenvalue weighted by molar-refractivity contribution is -0.384. The molecule has 5 nitrogen and oxygen atoms in total. The molecule has 1 N–H and O–H groups in total. The first kappa shape index (κ1) is 13.1. The smallest absolute Gasteiger partial charge is 0.269 e. The zero-order valence-corrected chi connectivity index (χ0v) is 10.9. The van der Waals surface area contributed by atoms with Crippen molar-refractivity contribution in [2.24, 2.45) is 0 Å². The average Bonchev–Trinajstić information content (AvgIpc) is 2.85. The van der Waals surface area contributed by atoms with Gasteiger partial charge >= 0.3 is 0 Å². The number of benzene rings is 1. The standard InChI is InChI=1S/C14H17N3O2/c1-2-8-16-9-7-12(11-16)10-15-13-3-5-14(6-4-13)17(18)19/h3-7,9,11,15H,2,8,10H2,1H3. The second kappa shape index (κ2) is 6.04. The summed E-state index contributed by atoms with van der Waals surface area (Å²) in [4.78, 5) is 10.1. The van der Waals surface area contributed by atoms with Crippen LogP contribution in [0.25, 0.3) is 0 Å². The summed E-state index contributed by atoms with van der Waals surface area (Å²) in [6, 6.07) is 8.53. The Morgan fingerprint density at radius 2 is 2.00 bits per heavy atom. The molecule has 5 heteroatoms. The Morgan fingerprint density at radius 3 is 2.63 bits per heavy atom. The van der Waals surface area contributed by atoms with E-state index < -0.39 is 4.92 Å². The Morgan fingerprint density at radius 1 is 1.26 bits per heavy atom. The molecule has 1 heterocycles. The van der Waals surface area contributed by atoms with Gasteiger partial charge in [-0.15, -0.1) is 0 Å². The van der Waals surface area contributed by atoms with Crippen LogP contribution in [-0.2, 0) is 13.1 Å². The Labute approximate surface area is 112 Å². The van der Waals surface area contributed by atoms with Gasteiger partial charge in [-0.2, -0.15) is 0 Å². The van der Waals surface area contributed by atoms with Crippen molar-refractivity contribution in [2.75, 3.05) is 5.32 Å².